The molecular formula is C22H24N2O5S. The third-order valence-electron chi connectivity index (χ3n) is 5.25. The van der Waals surface area contributed by atoms with Crippen LogP contribution in [0.5, 0.6) is 5.75 Å². The molecule has 2 aromatic carbocycles. The zero-order chi connectivity index (χ0) is 21.1. The molecule has 0 unspecified atom stereocenters. The monoisotopic (exact) mass is 428 g/mol. The molecule has 4 rings (SSSR count). The van der Waals surface area contributed by atoms with Gasteiger partial charge in [-0.1, -0.05) is 24.6 Å². The van der Waals surface area contributed by atoms with Gasteiger partial charge >= 0.3 is 5.97 Å². The summed E-state index contributed by atoms with van der Waals surface area (Å²) >= 11 is 0. The van der Waals surface area contributed by atoms with E-state index in [-0.39, 0.29) is 23.7 Å². The minimum Gasteiger partial charge on any atom is -0.490 e. The molecule has 0 atom stereocenters. The van der Waals surface area contributed by atoms with Crippen LogP contribution in [0, 0.1) is 6.92 Å². The van der Waals surface area contributed by atoms with E-state index in [0.29, 0.717) is 17.9 Å². The lowest BCUT2D eigenvalue weighted by Gasteiger charge is -2.29. The second-order valence-electron chi connectivity index (χ2n) is 7.38. The molecule has 1 saturated heterocycles. The number of hydrogen-bond donors (Lipinski definition) is 0. The standard InChI is InChI=1S/C22H24N2O5S/c1-16-7-4-5-8-19(16)28-13-14-29-22(25)17-10-11-18-20(15-17)30(26,27)23-21-9-3-2-6-12-24(18)21/h4-5,7-8,10-11,15H,2-3,6,9,12-14H2,1H3. The largest absolute Gasteiger partial charge is 0.490 e. The van der Waals surface area contributed by atoms with Crippen LogP contribution in [0.4, 0.5) is 5.69 Å². The Labute approximate surface area is 176 Å². The minimum absolute atomic E-state index is 0.0544. The molecule has 0 radical (unpaired) electrons. The lowest BCUT2D eigenvalue weighted by molar-refractivity contribution is 0.0450. The van der Waals surface area contributed by atoms with Crippen molar-refractivity contribution < 1.29 is 22.7 Å². The van der Waals surface area contributed by atoms with Crippen LogP contribution < -0.4 is 9.64 Å². The number of anilines is 1. The van der Waals surface area contributed by atoms with Gasteiger partial charge in [-0.25, -0.2) is 4.79 Å². The van der Waals surface area contributed by atoms with Crippen molar-refractivity contribution in [2.45, 2.75) is 37.5 Å². The smallest absolute Gasteiger partial charge is 0.338 e. The third-order valence-corrected chi connectivity index (χ3v) is 6.59. The summed E-state index contributed by atoms with van der Waals surface area (Å²) in [6, 6.07) is 12.2. The summed E-state index contributed by atoms with van der Waals surface area (Å²) in [4.78, 5) is 14.4. The van der Waals surface area contributed by atoms with Crippen LogP contribution in [0.3, 0.4) is 0 Å². The van der Waals surface area contributed by atoms with Crippen LogP contribution in [-0.2, 0) is 14.8 Å². The molecule has 2 heterocycles. The highest BCUT2D eigenvalue weighted by Crippen LogP contribution is 2.35. The summed E-state index contributed by atoms with van der Waals surface area (Å²) in [5.74, 6) is 0.732. The quantitative estimate of drug-likeness (QED) is 0.533. The second-order valence-corrected chi connectivity index (χ2v) is 8.95. The number of benzene rings is 2. The Hall–Kier alpha value is -2.87. The first-order valence-corrected chi connectivity index (χ1v) is 11.5. The number of para-hydroxylation sites is 1. The molecule has 0 spiro atoms. The summed E-state index contributed by atoms with van der Waals surface area (Å²) in [5, 5.41) is 0. The number of esters is 1. The van der Waals surface area contributed by atoms with E-state index in [1.165, 1.54) is 6.07 Å². The maximum absolute atomic E-state index is 12.7. The molecule has 1 fully saturated rings. The van der Waals surface area contributed by atoms with Crippen LogP contribution >= 0.6 is 0 Å². The van der Waals surface area contributed by atoms with Crippen molar-refractivity contribution in [1.29, 1.82) is 0 Å². The zero-order valence-electron chi connectivity index (χ0n) is 16.8. The third kappa shape index (κ3) is 4.18. The first kappa shape index (κ1) is 20.4. The number of hydrogen-bond acceptors (Lipinski definition) is 6. The first-order chi connectivity index (χ1) is 14.5. The Morgan fingerprint density at radius 2 is 1.93 bits per heavy atom. The Morgan fingerprint density at radius 3 is 2.77 bits per heavy atom. The Kier molecular flexibility index (Phi) is 5.76. The summed E-state index contributed by atoms with van der Waals surface area (Å²) in [6.45, 7) is 2.93. The van der Waals surface area contributed by atoms with Gasteiger partial charge in [0.25, 0.3) is 10.0 Å². The molecule has 0 aliphatic carbocycles. The van der Waals surface area contributed by atoms with Gasteiger partial charge < -0.3 is 14.4 Å². The number of amidine groups is 1. The zero-order valence-corrected chi connectivity index (χ0v) is 17.7. The van der Waals surface area contributed by atoms with Crippen LogP contribution in [0.1, 0.15) is 41.6 Å². The Balaban J connectivity index is 1.45. The molecule has 0 bridgehead atoms. The normalized spacial score (nSPS) is 17.2. The summed E-state index contributed by atoms with van der Waals surface area (Å²) < 4.78 is 40.2. The number of sulfonamides is 1. The van der Waals surface area contributed by atoms with Crippen LogP contribution in [-0.4, -0.2) is 40.0 Å². The van der Waals surface area contributed by atoms with Gasteiger partial charge in [0, 0.05) is 13.0 Å². The molecule has 30 heavy (non-hydrogen) atoms. The van der Waals surface area contributed by atoms with Crippen molar-refractivity contribution in [3.63, 3.8) is 0 Å². The van der Waals surface area contributed by atoms with Crippen molar-refractivity contribution >= 4 is 27.5 Å². The van der Waals surface area contributed by atoms with Gasteiger partial charge in [0.2, 0.25) is 0 Å². The van der Waals surface area contributed by atoms with Crippen molar-refractivity contribution in [3.05, 3.63) is 53.6 Å². The number of aryl methyl sites for hydroxylation is 1. The first-order valence-electron chi connectivity index (χ1n) is 10.1. The van der Waals surface area contributed by atoms with Crippen molar-refractivity contribution in [2.75, 3.05) is 24.7 Å². The van der Waals surface area contributed by atoms with E-state index < -0.39 is 16.0 Å². The van der Waals surface area contributed by atoms with Gasteiger partial charge in [-0.05, 0) is 49.6 Å². The van der Waals surface area contributed by atoms with Crippen LogP contribution in [0.25, 0.3) is 0 Å². The van der Waals surface area contributed by atoms with Crippen molar-refractivity contribution in [3.8, 4) is 5.75 Å². The van der Waals surface area contributed by atoms with Crippen molar-refractivity contribution in [1.82, 2.24) is 0 Å². The average Bonchev–Trinajstić information content (AvgIpc) is 2.97. The highest BCUT2D eigenvalue weighted by atomic mass is 32.2. The maximum atomic E-state index is 12.7. The predicted molar refractivity (Wildman–Crippen MR) is 114 cm³/mol. The number of fused-ring (bicyclic) bond motifs is 3. The summed E-state index contributed by atoms with van der Waals surface area (Å²) in [7, 11) is -3.84. The van der Waals surface area contributed by atoms with E-state index in [1.807, 2.05) is 36.1 Å². The lowest BCUT2D eigenvalue weighted by atomic mass is 10.2. The summed E-state index contributed by atoms with van der Waals surface area (Å²) in [6.07, 6.45) is 3.58. The van der Waals surface area contributed by atoms with Crippen LogP contribution in [0.2, 0.25) is 0 Å². The molecule has 0 amide bonds. The SMILES string of the molecule is Cc1ccccc1OCCOC(=O)c1ccc2c(c1)S(=O)(=O)N=C1CCCCCN12. The van der Waals surface area contributed by atoms with Gasteiger partial charge in [-0.3, -0.25) is 0 Å². The van der Waals surface area contributed by atoms with E-state index in [0.717, 1.165) is 37.1 Å². The van der Waals surface area contributed by atoms with Gasteiger partial charge in [0.05, 0.1) is 11.3 Å². The molecule has 7 nitrogen and oxygen atoms in total. The molecular weight excluding hydrogens is 404 g/mol. The van der Waals surface area contributed by atoms with E-state index in [9.17, 15) is 13.2 Å². The topological polar surface area (TPSA) is 85.3 Å². The van der Waals surface area contributed by atoms with E-state index >= 15 is 0 Å². The molecule has 2 aliphatic rings. The molecule has 158 valence electrons. The second kappa shape index (κ2) is 8.47. The minimum atomic E-state index is -3.84. The highest BCUT2D eigenvalue weighted by Gasteiger charge is 2.32. The van der Waals surface area contributed by atoms with Gasteiger partial charge in [0.1, 0.15) is 29.7 Å². The van der Waals surface area contributed by atoms with E-state index in [4.69, 9.17) is 9.47 Å². The number of nitrogens with zero attached hydrogens (tertiary/aromatic N) is 2. The molecule has 2 aliphatic heterocycles. The van der Waals surface area contributed by atoms with Gasteiger partial charge in [0.15, 0.2) is 0 Å². The fourth-order valence-electron chi connectivity index (χ4n) is 3.69. The number of carbonyl (C=O) groups is 1. The van der Waals surface area contributed by atoms with Crippen LogP contribution in [0.15, 0.2) is 51.8 Å². The fraction of sp³-hybridized carbons (Fsp3) is 0.364. The van der Waals surface area contributed by atoms with Gasteiger partial charge in [-0.15, -0.1) is 4.40 Å². The number of ether oxygens (including phenoxy) is 2. The molecule has 0 aromatic heterocycles. The van der Waals surface area contributed by atoms with E-state index in [1.54, 1.807) is 12.1 Å². The molecule has 8 heteroatoms. The molecule has 0 saturated carbocycles. The highest BCUT2D eigenvalue weighted by molar-refractivity contribution is 7.90. The van der Waals surface area contributed by atoms with E-state index in [2.05, 4.69) is 4.40 Å². The van der Waals surface area contributed by atoms with Crippen molar-refractivity contribution in [2.24, 2.45) is 4.40 Å². The Bertz CT molecular complexity index is 1090. The predicted octanol–water partition coefficient (Wildman–Crippen LogP) is 3.71. The average molecular weight is 429 g/mol. The maximum Gasteiger partial charge on any atom is 0.338 e. The van der Waals surface area contributed by atoms with Gasteiger partial charge in [-0.2, -0.15) is 8.42 Å². The number of carbonyl (C=O) groups excluding carboxylic acids is 1. The fourth-order valence-corrected chi connectivity index (χ4v) is 4.98. The Morgan fingerprint density at radius 1 is 1.10 bits per heavy atom. The molecule has 0 N–H and O–H groups in total. The lowest BCUT2D eigenvalue weighted by Crippen LogP contribution is -2.35. The summed E-state index contributed by atoms with van der Waals surface area (Å²) in [5.41, 5.74) is 1.76. The molecule has 2 aromatic rings. The number of rotatable bonds is 5.